The van der Waals surface area contributed by atoms with E-state index in [9.17, 15) is 9.59 Å². The van der Waals surface area contributed by atoms with Crippen molar-refractivity contribution in [3.8, 4) is 0 Å². The standard InChI is InChI=1S/C22H21N7O2S/c30-20-19(32-22(31)28-20)13-16-7-10-25-21(27-16)26-11-12-29(14-17-5-1-3-8-23-17)15-18-6-2-4-9-24-18/h1-10,13H,11-12,14-15H2,(H,25,26,27)(H,28,30,31). The molecule has 0 aliphatic carbocycles. The maximum atomic E-state index is 11.7. The number of pyridine rings is 2. The molecule has 3 aromatic rings. The Morgan fingerprint density at radius 3 is 2.25 bits per heavy atom. The highest BCUT2D eigenvalue weighted by Crippen LogP contribution is 2.25. The average Bonchev–Trinajstić information content (AvgIpc) is 3.12. The van der Waals surface area contributed by atoms with Crippen LogP contribution in [0.5, 0.6) is 0 Å². The van der Waals surface area contributed by atoms with Crippen molar-refractivity contribution in [2.45, 2.75) is 13.1 Å². The topological polar surface area (TPSA) is 113 Å². The van der Waals surface area contributed by atoms with Crippen molar-refractivity contribution >= 4 is 34.9 Å². The van der Waals surface area contributed by atoms with E-state index >= 15 is 0 Å². The van der Waals surface area contributed by atoms with Crippen molar-refractivity contribution in [2.24, 2.45) is 0 Å². The van der Waals surface area contributed by atoms with E-state index in [0.717, 1.165) is 23.1 Å². The molecular weight excluding hydrogens is 426 g/mol. The minimum absolute atomic E-state index is 0.316. The lowest BCUT2D eigenvalue weighted by Crippen LogP contribution is -2.29. The number of amides is 2. The van der Waals surface area contributed by atoms with Gasteiger partial charge in [0.15, 0.2) is 0 Å². The van der Waals surface area contributed by atoms with E-state index in [4.69, 9.17) is 0 Å². The van der Waals surface area contributed by atoms with Crippen molar-refractivity contribution in [1.29, 1.82) is 0 Å². The summed E-state index contributed by atoms with van der Waals surface area (Å²) in [5.41, 5.74) is 2.51. The van der Waals surface area contributed by atoms with Gasteiger partial charge in [-0.25, -0.2) is 9.97 Å². The van der Waals surface area contributed by atoms with Crippen LogP contribution in [0.1, 0.15) is 17.1 Å². The van der Waals surface area contributed by atoms with Crippen LogP contribution in [0.3, 0.4) is 0 Å². The molecule has 0 atom stereocenters. The second-order valence-electron chi connectivity index (χ2n) is 6.94. The maximum absolute atomic E-state index is 11.7. The molecule has 162 valence electrons. The smallest absolute Gasteiger partial charge is 0.290 e. The van der Waals surface area contributed by atoms with Gasteiger partial charge in [-0.05, 0) is 48.2 Å². The van der Waals surface area contributed by atoms with Crippen LogP contribution in [0.15, 0.2) is 66.0 Å². The number of thioether (sulfide) groups is 1. The molecule has 0 radical (unpaired) electrons. The fourth-order valence-corrected chi connectivity index (χ4v) is 3.74. The number of hydrogen-bond donors (Lipinski definition) is 2. The minimum Gasteiger partial charge on any atom is -0.353 e. The summed E-state index contributed by atoms with van der Waals surface area (Å²) in [4.78, 5) is 43.1. The molecule has 10 heteroatoms. The second-order valence-corrected chi connectivity index (χ2v) is 7.95. The second kappa shape index (κ2) is 10.6. The molecule has 0 aromatic carbocycles. The Bertz CT molecular complexity index is 1070. The summed E-state index contributed by atoms with van der Waals surface area (Å²) in [6, 6.07) is 13.4. The van der Waals surface area contributed by atoms with Gasteiger partial charge in [0.2, 0.25) is 5.95 Å². The maximum Gasteiger partial charge on any atom is 0.290 e. The first kappa shape index (κ1) is 21.6. The van der Waals surface area contributed by atoms with Gasteiger partial charge in [0, 0.05) is 44.8 Å². The molecule has 1 aliphatic rings. The van der Waals surface area contributed by atoms with E-state index in [-0.39, 0.29) is 5.24 Å². The zero-order chi connectivity index (χ0) is 22.2. The number of aromatic nitrogens is 4. The van der Waals surface area contributed by atoms with Crippen LogP contribution < -0.4 is 10.6 Å². The molecule has 3 aromatic heterocycles. The van der Waals surface area contributed by atoms with Gasteiger partial charge in [0.05, 0.1) is 22.0 Å². The third-order valence-electron chi connectivity index (χ3n) is 4.53. The van der Waals surface area contributed by atoms with E-state index in [1.165, 1.54) is 0 Å². The number of carbonyl (C=O) groups excluding carboxylic acids is 2. The quantitative estimate of drug-likeness (QED) is 0.478. The number of nitrogens with zero attached hydrogens (tertiary/aromatic N) is 5. The van der Waals surface area contributed by atoms with Crippen LogP contribution in [-0.2, 0) is 17.9 Å². The van der Waals surface area contributed by atoms with Gasteiger partial charge in [0.25, 0.3) is 11.1 Å². The molecule has 0 bridgehead atoms. The van der Waals surface area contributed by atoms with Gasteiger partial charge in [0.1, 0.15) is 0 Å². The van der Waals surface area contributed by atoms with Crippen molar-refractivity contribution in [2.75, 3.05) is 18.4 Å². The molecule has 2 N–H and O–H groups in total. The SMILES string of the molecule is O=C1NC(=O)C(=Cc2ccnc(NCCN(Cc3ccccn3)Cc3ccccn3)n2)S1. The lowest BCUT2D eigenvalue weighted by Gasteiger charge is -2.21. The lowest BCUT2D eigenvalue weighted by molar-refractivity contribution is -0.115. The number of nitrogens with one attached hydrogen (secondary N) is 2. The Kier molecular flexibility index (Phi) is 7.15. The Morgan fingerprint density at radius 1 is 0.938 bits per heavy atom. The molecule has 4 heterocycles. The fraction of sp³-hybridized carbons (Fsp3) is 0.182. The number of imide groups is 1. The highest BCUT2D eigenvalue weighted by molar-refractivity contribution is 8.18. The largest absolute Gasteiger partial charge is 0.353 e. The molecule has 0 saturated carbocycles. The first-order chi connectivity index (χ1) is 15.7. The first-order valence-electron chi connectivity index (χ1n) is 10.00. The Balaban J connectivity index is 1.38. The summed E-state index contributed by atoms with van der Waals surface area (Å²) in [7, 11) is 0. The molecule has 2 amide bonds. The van der Waals surface area contributed by atoms with E-state index < -0.39 is 5.91 Å². The van der Waals surface area contributed by atoms with Gasteiger partial charge in [-0.15, -0.1) is 0 Å². The molecule has 1 fully saturated rings. The van der Waals surface area contributed by atoms with Crippen molar-refractivity contribution in [1.82, 2.24) is 30.2 Å². The summed E-state index contributed by atoms with van der Waals surface area (Å²) in [5.74, 6) is 0.0394. The monoisotopic (exact) mass is 447 g/mol. The van der Waals surface area contributed by atoms with Gasteiger partial charge in [-0.1, -0.05) is 12.1 Å². The summed E-state index contributed by atoms with van der Waals surface area (Å²) < 4.78 is 0. The predicted octanol–water partition coefficient (Wildman–Crippen LogP) is 2.70. The summed E-state index contributed by atoms with van der Waals surface area (Å²) >= 11 is 0.860. The molecular formula is C22H21N7O2S. The Morgan fingerprint density at radius 2 is 1.66 bits per heavy atom. The molecule has 4 rings (SSSR count). The first-order valence-corrected chi connectivity index (χ1v) is 10.8. The summed E-state index contributed by atoms with van der Waals surface area (Å²) in [6.07, 6.45) is 6.76. The zero-order valence-electron chi connectivity index (χ0n) is 17.1. The van der Waals surface area contributed by atoms with Gasteiger partial charge < -0.3 is 5.32 Å². The van der Waals surface area contributed by atoms with Crippen molar-refractivity contribution < 1.29 is 9.59 Å². The normalized spacial score (nSPS) is 14.7. The molecule has 0 unspecified atom stereocenters. The van der Waals surface area contributed by atoms with Gasteiger partial charge in [-0.2, -0.15) is 0 Å². The van der Waals surface area contributed by atoms with E-state index in [2.05, 4.69) is 35.5 Å². The number of anilines is 1. The highest BCUT2D eigenvalue weighted by Gasteiger charge is 2.25. The third kappa shape index (κ3) is 6.19. The zero-order valence-corrected chi connectivity index (χ0v) is 18.0. The number of rotatable bonds is 9. The number of carbonyl (C=O) groups is 2. The number of hydrogen-bond acceptors (Lipinski definition) is 9. The molecule has 32 heavy (non-hydrogen) atoms. The van der Waals surface area contributed by atoms with Crippen LogP contribution in [0, 0.1) is 0 Å². The van der Waals surface area contributed by atoms with Crippen molar-refractivity contribution in [3.63, 3.8) is 0 Å². The molecule has 0 spiro atoms. The average molecular weight is 448 g/mol. The van der Waals surface area contributed by atoms with Gasteiger partial charge >= 0.3 is 0 Å². The Labute approximate surface area is 189 Å². The minimum atomic E-state index is -0.409. The van der Waals surface area contributed by atoms with Crippen LogP contribution in [-0.4, -0.2) is 49.1 Å². The third-order valence-corrected chi connectivity index (χ3v) is 5.34. The predicted molar refractivity (Wildman–Crippen MR) is 122 cm³/mol. The summed E-state index contributed by atoms with van der Waals surface area (Å²) in [5, 5.41) is 5.07. The van der Waals surface area contributed by atoms with Crippen molar-refractivity contribution in [3.05, 3.63) is 83.0 Å². The Hall–Kier alpha value is -3.63. The summed E-state index contributed by atoms with van der Waals surface area (Å²) in [6.45, 7) is 2.70. The van der Waals surface area contributed by atoms with Crippen LogP contribution in [0.25, 0.3) is 6.08 Å². The van der Waals surface area contributed by atoms with Gasteiger partial charge in [-0.3, -0.25) is 29.8 Å². The molecule has 1 saturated heterocycles. The fourth-order valence-electron chi connectivity index (χ4n) is 3.07. The molecule has 9 nitrogen and oxygen atoms in total. The van der Waals surface area contributed by atoms with Crippen LogP contribution >= 0.6 is 11.8 Å². The highest BCUT2D eigenvalue weighted by atomic mass is 32.2. The molecule has 1 aliphatic heterocycles. The van der Waals surface area contributed by atoms with E-state index in [0.29, 0.717) is 42.7 Å². The van der Waals surface area contributed by atoms with Crippen LogP contribution in [0.4, 0.5) is 10.7 Å². The lowest BCUT2D eigenvalue weighted by atomic mass is 10.3. The van der Waals surface area contributed by atoms with Crippen LogP contribution in [0.2, 0.25) is 0 Å². The van der Waals surface area contributed by atoms with E-state index in [1.807, 2.05) is 36.4 Å². The van der Waals surface area contributed by atoms with E-state index in [1.54, 1.807) is 30.7 Å².